The Labute approximate surface area is 344 Å². The van der Waals surface area contributed by atoms with Crippen molar-refractivity contribution in [3.8, 4) is 0 Å². The fraction of sp³-hybridized carbons (Fsp3) is 1.00. The second kappa shape index (κ2) is 48.1. The van der Waals surface area contributed by atoms with Crippen LogP contribution in [-0.2, 0) is 14.2 Å². The molecule has 2 atom stereocenters. The average Bonchev–Trinajstić information content (AvgIpc) is 3.21. The highest BCUT2D eigenvalue weighted by Gasteiger charge is 2.16. The number of rotatable bonds is 43. The number of hydrogen-bond acceptors (Lipinski definition) is 6. The van der Waals surface area contributed by atoms with Gasteiger partial charge in [0.15, 0.2) is 0 Å². The van der Waals surface area contributed by atoms with Gasteiger partial charge in [-0.3, -0.25) is 0 Å². The number of aliphatic hydroxyl groups excluding tert-OH is 3. The summed E-state index contributed by atoms with van der Waals surface area (Å²) in [5.74, 6) is 0.697. The van der Waals surface area contributed by atoms with Gasteiger partial charge in [0.05, 0.1) is 26.4 Å². The standard InChI is InChI=1S/C28H56O3.C21H44O3/c1-2-3-4-5-6-7-8-9-10-11-12-13-14-15-16-20-23-30-26-28(24-29)31-25-27-21-18-17-19-22-27;1-2-3-4-5-6-7-8-9-10-11-12-13-14-15-16-17-18-24-20-21(23)19-22/h27-29H,2-26H2,1H3;21-23H,2-20H2,1H3/t28-;21-/m00/s1. The van der Waals surface area contributed by atoms with Crippen molar-refractivity contribution in [1.29, 1.82) is 0 Å². The lowest BCUT2D eigenvalue weighted by Crippen LogP contribution is -2.27. The van der Waals surface area contributed by atoms with Crippen LogP contribution in [0, 0.1) is 5.92 Å². The lowest BCUT2D eigenvalue weighted by Gasteiger charge is -2.24. The van der Waals surface area contributed by atoms with Crippen LogP contribution in [0.25, 0.3) is 0 Å². The Bertz CT molecular complexity index is 672. The molecule has 6 heteroatoms. The molecule has 0 heterocycles. The Kier molecular flexibility index (Phi) is 47.9. The summed E-state index contributed by atoms with van der Waals surface area (Å²) >= 11 is 0. The average molecular weight is 785 g/mol. The first-order valence-corrected chi connectivity index (χ1v) is 24.8. The fourth-order valence-electron chi connectivity index (χ4n) is 7.77. The molecule has 1 fully saturated rings. The van der Waals surface area contributed by atoms with Crippen LogP contribution in [0.4, 0.5) is 0 Å². The smallest absolute Gasteiger partial charge is 0.104 e. The van der Waals surface area contributed by atoms with Gasteiger partial charge < -0.3 is 29.5 Å². The predicted octanol–water partition coefficient (Wildman–Crippen LogP) is 13.8. The van der Waals surface area contributed by atoms with Gasteiger partial charge in [-0.05, 0) is 31.6 Å². The molecule has 332 valence electrons. The Morgan fingerprint density at radius 2 is 0.745 bits per heavy atom. The summed E-state index contributed by atoms with van der Waals surface area (Å²) in [6.45, 7) is 7.55. The third-order valence-corrected chi connectivity index (χ3v) is 11.6. The van der Waals surface area contributed by atoms with Gasteiger partial charge in [0.1, 0.15) is 12.2 Å². The molecule has 55 heavy (non-hydrogen) atoms. The van der Waals surface area contributed by atoms with Crippen molar-refractivity contribution >= 4 is 0 Å². The fourth-order valence-corrected chi connectivity index (χ4v) is 7.77. The minimum atomic E-state index is -0.717. The monoisotopic (exact) mass is 785 g/mol. The van der Waals surface area contributed by atoms with Gasteiger partial charge in [-0.25, -0.2) is 0 Å². The van der Waals surface area contributed by atoms with Gasteiger partial charge in [0.2, 0.25) is 0 Å². The molecule has 1 aliphatic carbocycles. The summed E-state index contributed by atoms with van der Waals surface area (Å²) in [4.78, 5) is 0. The molecule has 0 saturated heterocycles. The lowest BCUT2D eigenvalue weighted by atomic mass is 9.90. The summed E-state index contributed by atoms with van der Waals surface area (Å²) in [6.07, 6.45) is 50.0. The van der Waals surface area contributed by atoms with Crippen LogP contribution in [0.1, 0.15) is 251 Å². The molecule has 3 N–H and O–H groups in total. The van der Waals surface area contributed by atoms with Crippen molar-refractivity contribution in [2.24, 2.45) is 5.92 Å². The molecule has 0 unspecified atom stereocenters. The molecule has 0 aromatic carbocycles. The highest BCUT2D eigenvalue weighted by Crippen LogP contribution is 2.24. The van der Waals surface area contributed by atoms with E-state index in [-0.39, 0.29) is 25.9 Å². The van der Waals surface area contributed by atoms with Gasteiger partial charge in [0.25, 0.3) is 0 Å². The van der Waals surface area contributed by atoms with E-state index in [2.05, 4.69) is 13.8 Å². The Morgan fingerprint density at radius 3 is 1.07 bits per heavy atom. The Hall–Kier alpha value is -0.240. The van der Waals surface area contributed by atoms with Crippen LogP contribution in [-0.4, -0.2) is 73.8 Å². The number of unbranched alkanes of at least 4 members (excludes halogenated alkanes) is 30. The van der Waals surface area contributed by atoms with Gasteiger partial charge in [-0.1, -0.05) is 226 Å². The number of hydrogen-bond donors (Lipinski definition) is 3. The van der Waals surface area contributed by atoms with Gasteiger partial charge in [-0.15, -0.1) is 0 Å². The summed E-state index contributed by atoms with van der Waals surface area (Å²) in [7, 11) is 0. The molecule has 0 bridgehead atoms. The van der Waals surface area contributed by atoms with Crippen LogP contribution in [0.2, 0.25) is 0 Å². The summed E-state index contributed by atoms with van der Waals surface area (Å²) in [6, 6.07) is 0. The molecule has 0 radical (unpaired) electrons. The van der Waals surface area contributed by atoms with Crippen LogP contribution >= 0.6 is 0 Å². The lowest BCUT2D eigenvalue weighted by molar-refractivity contribution is -0.0566. The first-order valence-electron chi connectivity index (χ1n) is 24.8. The maximum absolute atomic E-state index is 9.49. The van der Waals surface area contributed by atoms with E-state index in [4.69, 9.17) is 24.4 Å². The molecule has 1 aliphatic rings. The minimum Gasteiger partial charge on any atom is -0.394 e. The molecular weight excluding hydrogens is 685 g/mol. The number of aliphatic hydroxyl groups is 3. The van der Waals surface area contributed by atoms with E-state index >= 15 is 0 Å². The first kappa shape index (κ1) is 54.8. The highest BCUT2D eigenvalue weighted by atomic mass is 16.5. The van der Waals surface area contributed by atoms with Gasteiger partial charge >= 0.3 is 0 Å². The molecule has 0 spiro atoms. The number of ether oxygens (including phenoxy) is 3. The molecular formula is C49H100O6. The van der Waals surface area contributed by atoms with Gasteiger partial charge in [-0.2, -0.15) is 0 Å². The van der Waals surface area contributed by atoms with E-state index in [9.17, 15) is 5.11 Å². The van der Waals surface area contributed by atoms with Crippen molar-refractivity contribution < 1.29 is 29.5 Å². The molecule has 6 nitrogen and oxygen atoms in total. The van der Waals surface area contributed by atoms with Crippen molar-refractivity contribution in [3.63, 3.8) is 0 Å². The van der Waals surface area contributed by atoms with E-state index in [1.165, 1.54) is 225 Å². The summed E-state index contributed by atoms with van der Waals surface area (Å²) in [5, 5.41) is 27.3. The normalized spacial score (nSPS) is 14.6. The minimum absolute atomic E-state index is 0.0751. The third kappa shape index (κ3) is 44.7. The maximum Gasteiger partial charge on any atom is 0.104 e. The third-order valence-electron chi connectivity index (χ3n) is 11.6. The van der Waals surface area contributed by atoms with Crippen molar-refractivity contribution in [2.45, 2.75) is 264 Å². The molecule has 0 amide bonds. The second-order valence-corrected chi connectivity index (χ2v) is 17.2. The van der Waals surface area contributed by atoms with Crippen LogP contribution in [0.15, 0.2) is 0 Å². The summed E-state index contributed by atoms with van der Waals surface area (Å²) in [5.41, 5.74) is 0. The van der Waals surface area contributed by atoms with E-state index in [1.807, 2.05) is 0 Å². The zero-order valence-electron chi connectivity index (χ0n) is 37.4. The molecule has 0 aromatic heterocycles. The largest absolute Gasteiger partial charge is 0.394 e. The quantitative estimate of drug-likeness (QED) is 0.0534. The topological polar surface area (TPSA) is 88.4 Å². The highest BCUT2D eigenvalue weighted by molar-refractivity contribution is 4.66. The molecule has 0 aliphatic heterocycles. The van der Waals surface area contributed by atoms with E-state index in [1.54, 1.807) is 0 Å². The Balaban J connectivity index is 0.00000110. The van der Waals surface area contributed by atoms with Crippen LogP contribution in [0.5, 0.6) is 0 Å². The zero-order valence-corrected chi connectivity index (χ0v) is 37.4. The van der Waals surface area contributed by atoms with E-state index < -0.39 is 6.10 Å². The van der Waals surface area contributed by atoms with E-state index in [0.29, 0.717) is 19.1 Å². The summed E-state index contributed by atoms with van der Waals surface area (Å²) < 4.78 is 16.9. The van der Waals surface area contributed by atoms with Crippen LogP contribution < -0.4 is 0 Å². The SMILES string of the molecule is CCCCCCCCCCCCCCCCCCOC[C@@H](O)CO.CCCCCCCCCCCCCCCCCCOC[C@H](CO)OCC1CCCCC1. The second-order valence-electron chi connectivity index (χ2n) is 17.2. The maximum atomic E-state index is 9.49. The van der Waals surface area contributed by atoms with Crippen LogP contribution in [0.3, 0.4) is 0 Å². The van der Waals surface area contributed by atoms with Crippen molar-refractivity contribution in [3.05, 3.63) is 0 Å². The molecule has 0 aromatic rings. The zero-order chi connectivity index (χ0) is 40.0. The Morgan fingerprint density at radius 1 is 0.418 bits per heavy atom. The van der Waals surface area contributed by atoms with E-state index in [0.717, 1.165) is 26.1 Å². The predicted molar refractivity (Wildman–Crippen MR) is 237 cm³/mol. The molecule has 1 rings (SSSR count). The van der Waals surface area contributed by atoms with Crippen molar-refractivity contribution in [2.75, 3.05) is 46.2 Å². The molecule has 1 saturated carbocycles. The van der Waals surface area contributed by atoms with Crippen molar-refractivity contribution in [1.82, 2.24) is 0 Å². The van der Waals surface area contributed by atoms with Gasteiger partial charge in [0, 0.05) is 19.8 Å². The first-order chi connectivity index (χ1) is 27.2.